The van der Waals surface area contributed by atoms with Crippen molar-refractivity contribution in [2.24, 2.45) is 5.73 Å². The number of nitrogens with two attached hydrogens (primary N) is 1. The molecular weight excluding hydrogens is 252 g/mol. The van der Waals surface area contributed by atoms with E-state index in [-0.39, 0.29) is 10.0 Å². The van der Waals surface area contributed by atoms with E-state index >= 15 is 0 Å². The lowest BCUT2D eigenvalue weighted by Gasteiger charge is -2.12. The molecule has 0 amide bonds. The van der Waals surface area contributed by atoms with Crippen molar-refractivity contribution in [1.29, 1.82) is 0 Å². The lowest BCUT2D eigenvalue weighted by atomic mass is 10.0. The van der Waals surface area contributed by atoms with Crippen LogP contribution >= 0.6 is 15.9 Å². The molecule has 0 heterocycles. The Kier molecular flexibility index (Phi) is 3.77. The number of hydrogen-bond acceptors (Lipinski definition) is 1. The molecule has 0 bridgehead atoms. The average molecular weight is 262 g/mol. The van der Waals surface area contributed by atoms with Crippen LogP contribution in [-0.2, 0) is 0 Å². The van der Waals surface area contributed by atoms with E-state index in [0.29, 0.717) is 6.42 Å². The zero-order valence-corrected chi connectivity index (χ0v) is 9.02. The van der Waals surface area contributed by atoms with Gasteiger partial charge in [0.1, 0.15) is 11.6 Å². The standard InChI is InChI=1S/C10H10BrF2N/c1-2-3-8(14)9-7(12)5-4-6(11)10(9)13/h2,4-5,8H,1,3,14H2. The molecule has 1 nitrogen and oxygen atoms in total. The van der Waals surface area contributed by atoms with E-state index in [1.165, 1.54) is 18.2 Å². The fraction of sp³-hybridized carbons (Fsp3) is 0.200. The van der Waals surface area contributed by atoms with Gasteiger partial charge in [-0.25, -0.2) is 8.78 Å². The van der Waals surface area contributed by atoms with Gasteiger partial charge in [0.15, 0.2) is 0 Å². The first-order valence-electron chi connectivity index (χ1n) is 4.07. The van der Waals surface area contributed by atoms with Crippen LogP contribution in [0.1, 0.15) is 18.0 Å². The molecular formula is C10H10BrF2N. The van der Waals surface area contributed by atoms with Gasteiger partial charge in [-0.05, 0) is 34.5 Å². The van der Waals surface area contributed by atoms with Gasteiger partial charge in [-0.3, -0.25) is 0 Å². The summed E-state index contributed by atoms with van der Waals surface area (Å²) < 4.78 is 26.9. The molecule has 1 rings (SSSR count). The minimum atomic E-state index is -0.690. The van der Waals surface area contributed by atoms with Gasteiger partial charge in [0.05, 0.1) is 4.47 Å². The molecule has 0 radical (unpaired) electrons. The van der Waals surface area contributed by atoms with Gasteiger partial charge in [0, 0.05) is 11.6 Å². The maximum atomic E-state index is 13.4. The Bertz CT molecular complexity index is 352. The number of hydrogen-bond donors (Lipinski definition) is 1. The van der Waals surface area contributed by atoms with E-state index in [9.17, 15) is 8.78 Å². The number of halogens is 3. The summed E-state index contributed by atoms with van der Waals surface area (Å²) in [5.41, 5.74) is 5.51. The smallest absolute Gasteiger partial charge is 0.145 e. The second-order valence-corrected chi connectivity index (χ2v) is 3.74. The largest absolute Gasteiger partial charge is 0.324 e. The van der Waals surface area contributed by atoms with Crippen molar-refractivity contribution in [3.63, 3.8) is 0 Å². The third-order valence-corrected chi connectivity index (χ3v) is 2.48. The van der Waals surface area contributed by atoms with Crippen molar-refractivity contribution in [2.75, 3.05) is 0 Å². The van der Waals surface area contributed by atoms with Crippen LogP contribution in [0.5, 0.6) is 0 Å². The topological polar surface area (TPSA) is 26.0 Å². The maximum Gasteiger partial charge on any atom is 0.145 e. The highest BCUT2D eigenvalue weighted by atomic mass is 79.9. The molecule has 1 aromatic carbocycles. The third kappa shape index (κ3) is 2.19. The summed E-state index contributed by atoms with van der Waals surface area (Å²) in [7, 11) is 0. The number of rotatable bonds is 3. The highest BCUT2D eigenvalue weighted by molar-refractivity contribution is 9.10. The molecule has 14 heavy (non-hydrogen) atoms. The van der Waals surface area contributed by atoms with Crippen LogP contribution in [-0.4, -0.2) is 0 Å². The monoisotopic (exact) mass is 261 g/mol. The van der Waals surface area contributed by atoms with Crippen LogP contribution in [0.25, 0.3) is 0 Å². The van der Waals surface area contributed by atoms with Crippen molar-refractivity contribution in [1.82, 2.24) is 0 Å². The zero-order chi connectivity index (χ0) is 10.7. The Morgan fingerprint density at radius 2 is 2.14 bits per heavy atom. The molecule has 1 atom stereocenters. The molecule has 0 saturated heterocycles. The van der Waals surface area contributed by atoms with Crippen molar-refractivity contribution in [3.8, 4) is 0 Å². The van der Waals surface area contributed by atoms with E-state index in [4.69, 9.17) is 5.73 Å². The Hall–Kier alpha value is -0.740. The Balaban J connectivity index is 3.17. The molecule has 1 unspecified atom stereocenters. The van der Waals surface area contributed by atoms with E-state index in [1.807, 2.05) is 0 Å². The lowest BCUT2D eigenvalue weighted by Crippen LogP contribution is -2.13. The normalized spacial score (nSPS) is 12.6. The molecule has 76 valence electrons. The van der Waals surface area contributed by atoms with Crippen LogP contribution in [0.4, 0.5) is 8.78 Å². The van der Waals surface area contributed by atoms with Crippen LogP contribution in [0.3, 0.4) is 0 Å². The Labute approximate surface area is 89.7 Å². The van der Waals surface area contributed by atoms with Gasteiger partial charge in [-0.1, -0.05) is 6.08 Å². The second kappa shape index (κ2) is 4.66. The molecule has 2 N–H and O–H groups in total. The summed E-state index contributed by atoms with van der Waals surface area (Å²) >= 11 is 2.98. The minimum absolute atomic E-state index is 0.0979. The maximum absolute atomic E-state index is 13.4. The van der Waals surface area contributed by atoms with E-state index in [2.05, 4.69) is 22.5 Å². The van der Waals surface area contributed by atoms with Gasteiger partial charge in [0.25, 0.3) is 0 Å². The van der Waals surface area contributed by atoms with Crippen LogP contribution in [0.2, 0.25) is 0 Å². The quantitative estimate of drug-likeness (QED) is 0.656. The summed E-state index contributed by atoms with van der Waals surface area (Å²) in [6.07, 6.45) is 1.87. The highest BCUT2D eigenvalue weighted by Gasteiger charge is 2.17. The van der Waals surface area contributed by atoms with E-state index < -0.39 is 17.7 Å². The van der Waals surface area contributed by atoms with Gasteiger partial charge in [-0.15, -0.1) is 6.58 Å². The molecule has 0 aliphatic rings. The van der Waals surface area contributed by atoms with E-state index in [1.54, 1.807) is 0 Å². The van der Waals surface area contributed by atoms with Gasteiger partial charge < -0.3 is 5.73 Å². The van der Waals surface area contributed by atoms with Crippen LogP contribution in [0.15, 0.2) is 29.3 Å². The molecule has 1 aromatic rings. The van der Waals surface area contributed by atoms with Crippen LogP contribution < -0.4 is 5.73 Å². The molecule has 0 fully saturated rings. The van der Waals surface area contributed by atoms with Gasteiger partial charge in [-0.2, -0.15) is 0 Å². The summed E-state index contributed by atoms with van der Waals surface area (Å²) in [5.74, 6) is -1.26. The van der Waals surface area contributed by atoms with Crippen molar-refractivity contribution in [2.45, 2.75) is 12.5 Å². The fourth-order valence-electron chi connectivity index (χ4n) is 1.18. The summed E-state index contributed by atoms with van der Waals surface area (Å²) in [6, 6.07) is 1.81. The second-order valence-electron chi connectivity index (χ2n) is 2.89. The predicted molar refractivity (Wildman–Crippen MR) is 55.8 cm³/mol. The molecule has 0 aliphatic heterocycles. The van der Waals surface area contributed by atoms with Crippen LogP contribution in [0, 0.1) is 11.6 Å². The first-order chi connectivity index (χ1) is 6.57. The van der Waals surface area contributed by atoms with Gasteiger partial charge >= 0.3 is 0 Å². The first-order valence-corrected chi connectivity index (χ1v) is 4.87. The summed E-state index contributed by atoms with van der Waals surface area (Å²) in [6.45, 7) is 3.47. The van der Waals surface area contributed by atoms with Crippen molar-refractivity contribution < 1.29 is 8.78 Å². The number of benzene rings is 1. The highest BCUT2D eigenvalue weighted by Crippen LogP contribution is 2.27. The fourth-order valence-corrected chi connectivity index (χ4v) is 1.53. The van der Waals surface area contributed by atoms with E-state index in [0.717, 1.165) is 0 Å². The zero-order valence-electron chi connectivity index (χ0n) is 7.43. The summed E-state index contributed by atoms with van der Waals surface area (Å²) in [5, 5.41) is 0. The average Bonchev–Trinajstić information content (AvgIpc) is 2.13. The lowest BCUT2D eigenvalue weighted by molar-refractivity contribution is 0.523. The SMILES string of the molecule is C=CCC(N)c1c(F)ccc(Br)c1F. The molecule has 0 aliphatic carbocycles. The third-order valence-electron chi connectivity index (χ3n) is 1.87. The Morgan fingerprint density at radius 1 is 1.50 bits per heavy atom. The molecule has 0 saturated carbocycles. The predicted octanol–water partition coefficient (Wildman–Crippen LogP) is 3.30. The van der Waals surface area contributed by atoms with Gasteiger partial charge in [0.2, 0.25) is 0 Å². The molecule has 0 aromatic heterocycles. The summed E-state index contributed by atoms with van der Waals surface area (Å²) in [4.78, 5) is 0. The van der Waals surface area contributed by atoms with Crippen molar-refractivity contribution >= 4 is 15.9 Å². The molecule has 4 heteroatoms. The Morgan fingerprint density at radius 3 is 2.71 bits per heavy atom. The molecule has 0 spiro atoms. The minimum Gasteiger partial charge on any atom is -0.324 e. The van der Waals surface area contributed by atoms with Crippen molar-refractivity contribution in [3.05, 3.63) is 46.5 Å². The first kappa shape index (κ1) is 11.3.